The van der Waals surface area contributed by atoms with Crippen LogP contribution >= 0.6 is 0 Å². The summed E-state index contributed by atoms with van der Waals surface area (Å²) >= 11 is 0. The summed E-state index contributed by atoms with van der Waals surface area (Å²) in [5.74, 6) is 0.262. The first-order valence-corrected chi connectivity index (χ1v) is 4.93. The molecule has 2 rings (SSSR count). The monoisotopic (exact) mass is 205 g/mol. The van der Waals surface area contributed by atoms with Gasteiger partial charge >= 0.3 is 0 Å². The number of aryl methyl sites for hydroxylation is 1. The molecule has 4 nitrogen and oxygen atoms in total. The zero-order chi connectivity index (χ0) is 10.8. The first kappa shape index (κ1) is 9.83. The Morgan fingerprint density at radius 3 is 3.00 bits per heavy atom. The molecule has 1 aliphatic rings. The van der Waals surface area contributed by atoms with E-state index in [4.69, 9.17) is 0 Å². The van der Waals surface area contributed by atoms with Crippen molar-refractivity contribution >= 4 is 12.0 Å². The van der Waals surface area contributed by atoms with E-state index in [9.17, 15) is 14.9 Å². The van der Waals surface area contributed by atoms with Gasteiger partial charge in [0, 0.05) is 18.6 Å². The molecular formula is C11H11NO3. The third-order valence-electron chi connectivity index (χ3n) is 2.92. The van der Waals surface area contributed by atoms with Crippen LogP contribution in [-0.4, -0.2) is 11.2 Å². The fraction of sp³-hybridized carbons (Fsp3) is 0.364. The van der Waals surface area contributed by atoms with Crippen LogP contribution in [0.3, 0.4) is 0 Å². The first-order chi connectivity index (χ1) is 7.22. The molecule has 0 bridgehead atoms. The van der Waals surface area contributed by atoms with Gasteiger partial charge in [0.1, 0.15) is 6.29 Å². The second kappa shape index (κ2) is 3.81. The standard InChI is InChI=1S/C11H11NO3/c13-6-5-8-1-2-9-7-10(12(14)15)3-4-11(8)9/h3-4,6-8H,1-2,5H2. The SMILES string of the molecule is O=CCC1CCc2cc([N+](=O)[O-])ccc21. The molecule has 4 heteroatoms. The Bertz CT molecular complexity index is 414. The van der Waals surface area contributed by atoms with E-state index in [0.29, 0.717) is 6.42 Å². The Kier molecular flexibility index (Phi) is 2.49. The maximum Gasteiger partial charge on any atom is 0.269 e. The van der Waals surface area contributed by atoms with Gasteiger partial charge in [-0.15, -0.1) is 0 Å². The molecule has 0 aliphatic heterocycles. The number of nitro groups is 1. The molecule has 0 amide bonds. The number of nitro benzene ring substituents is 1. The molecular weight excluding hydrogens is 194 g/mol. The number of carbonyl (C=O) groups excluding carboxylic acids is 1. The molecule has 1 unspecified atom stereocenters. The minimum atomic E-state index is -0.382. The van der Waals surface area contributed by atoms with Gasteiger partial charge in [0.2, 0.25) is 0 Å². The molecule has 15 heavy (non-hydrogen) atoms. The number of rotatable bonds is 3. The Balaban J connectivity index is 2.33. The maximum atomic E-state index is 10.6. The smallest absolute Gasteiger partial charge is 0.269 e. The molecule has 0 saturated carbocycles. The maximum absolute atomic E-state index is 10.6. The molecule has 0 heterocycles. The second-order valence-corrected chi connectivity index (χ2v) is 3.78. The zero-order valence-corrected chi connectivity index (χ0v) is 8.18. The topological polar surface area (TPSA) is 60.2 Å². The molecule has 1 atom stereocenters. The Hall–Kier alpha value is -1.71. The van der Waals surface area contributed by atoms with E-state index in [0.717, 1.165) is 30.3 Å². The fourth-order valence-electron chi connectivity index (χ4n) is 2.17. The number of benzene rings is 1. The van der Waals surface area contributed by atoms with Crippen molar-refractivity contribution in [3.63, 3.8) is 0 Å². The van der Waals surface area contributed by atoms with Gasteiger partial charge in [0.15, 0.2) is 0 Å². The third-order valence-corrected chi connectivity index (χ3v) is 2.92. The highest BCUT2D eigenvalue weighted by Gasteiger charge is 2.23. The number of aldehydes is 1. The van der Waals surface area contributed by atoms with Crippen molar-refractivity contribution in [2.45, 2.75) is 25.2 Å². The Morgan fingerprint density at radius 1 is 1.53 bits per heavy atom. The minimum Gasteiger partial charge on any atom is -0.303 e. The van der Waals surface area contributed by atoms with Gasteiger partial charge in [-0.1, -0.05) is 6.07 Å². The molecule has 0 fully saturated rings. The van der Waals surface area contributed by atoms with Crippen molar-refractivity contribution in [3.8, 4) is 0 Å². The third kappa shape index (κ3) is 1.75. The number of carbonyl (C=O) groups is 1. The zero-order valence-electron chi connectivity index (χ0n) is 8.18. The van der Waals surface area contributed by atoms with Crippen molar-refractivity contribution in [2.24, 2.45) is 0 Å². The molecule has 0 N–H and O–H groups in total. The Morgan fingerprint density at radius 2 is 2.33 bits per heavy atom. The van der Waals surface area contributed by atoms with Gasteiger partial charge in [-0.25, -0.2) is 0 Å². The van der Waals surface area contributed by atoms with Gasteiger partial charge in [0.05, 0.1) is 4.92 Å². The van der Waals surface area contributed by atoms with Crippen LogP contribution in [-0.2, 0) is 11.2 Å². The van der Waals surface area contributed by atoms with Crippen LogP contribution in [0.5, 0.6) is 0 Å². The highest BCUT2D eigenvalue weighted by atomic mass is 16.6. The summed E-state index contributed by atoms with van der Waals surface area (Å²) in [7, 11) is 0. The summed E-state index contributed by atoms with van der Waals surface area (Å²) in [5, 5.41) is 10.6. The number of non-ortho nitro benzene ring substituents is 1. The molecule has 0 spiro atoms. The van der Waals surface area contributed by atoms with Gasteiger partial charge in [-0.05, 0) is 29.9 Å². The van der Waals surface area contributed by atoms with Crippen LogP contribution in [0.15, 0.2) is 18.2 Å². The summed E-state index contributed by atoms with van der Waals surface area (Å²) in [6.45, 7) is 0. The minimum absolute atomic E-state index is 0.139. The van der Waals surface area contributed by atoms with Crippen molar-refractivity contribution in [2.75, 3.05) is 0 Å². The van der Waals surface area contributed by atoms with Crippen molar-refractivity contribution in [1.82, 2.24) is 0 Å². The first-order valence-electron chi connectivity index (χ1n) is 4.93. The number of fused-ring (bicyclic) bond motifs is 1. The lowest BCUT2D eigenvalue weighted by molar-refractivity contribution is -0.384. The van der Waals surface area contributed by atoms with Crippen LogP contribution in [0.25, 0.3) is 0 Å². The highest BCUT2D eigenvalue weighted by Crippen LogP contribution is 2.36. The van der Waals surface area contributed by atoms with Gasteiger partial charge < -0.3 is 4.79 Å². The molecule has 0 saturated heterocycles. The van der Waals surface area contributed by atoms with E-state index >= 15 is 0 Å². The lowest BCUT2D eigenvalue weighted by atomic mass is 9.98. The number of hydrogen-bond donors (Lipinski definition) is 0. The van der Waals surface area contributed by atoms with Crippen LogP contribution in [0.1, 0.15) is 29.9 Å². The summed E-state index contributed by atoms with van der Waals surface area (Å²) in [6.07, 6.45) is 3.21. The van der Waals surface area contributed by atoms with Crippen LogP contribution in [0.4, 0.5) is 5.69 Å². The molecule has 0 radical (unpaired) electrons. The van der Waals surface area contributed by atoms with Crippen molar-refractivity contribution < 1.29 is 9.72 Å². The average molecular weight is 205 g/mol. The average Bonchev–Trinajstić information content (AvgIpc) is 2.61. The summed E-state index contributed by atoms with van der Waals surface area (Å²) in [4.78, 5) is 20.6. The quantitative estimate of drug-likeness (QED) is 0.432. The van der Waals surface area contributed by atoms with Gasteiger partial charge in [-0.3, -0.25) is 10.1 Å². The summed E-state index contributed by atoms with van der Waals surface area (Å²) in [6, 6.07) is 4.93. The molecule has 1 aromatic carbocycles. The van der Waals surface area contributed by atoms with Crippen LogP contribution < -0.4 is 0 Å². The predicted octanol–water partition coefficient (Wildman–Crippen LogP) is 2.21. The van der Waals surface area contributed by atoms with E-state index in [1.165, 1.54) is 6.07 Å². The largest absolute Gasteiger partial charge is 0.303 e. The van der Waals surface area contributed by atoms with Crippen molar-refractivity contribution in [1.29, 1.82) is 0 Å². The second-order valence-electron chi connectivity index (χ2n) is 3.78. The molecule has 1 aliphatic carbocycles. The van der Waals surface area contributed by atoms with E-state index in [-0.39, 0.29) is 16.5 Å². The van der Waals surface area contributed by atoms with Crippen LogP contribution in [0, 0.1) is 10.1 Å². The van der Waals surface area contributed by atoms with Crippen LogP contribution in [0.2, 0.25) is 0 Å². The van der Waals surface area contributed by atoms with Gasteiger partial charge in [-0.2, -0.15) is 0 Å². The lowest BCUT2D eigenvalue weighted by Gasteiger charge is -2.06. The summed E-state index contributed by atoms with van der Waals surface area (Å²) < 4.78 is 0. The fourth-order valence-corrected chi connectivity index (χ4v) is 2.17. The van der Waals surface area contributed by atoms with E-state index < -0.39 is 0 Å². The van der Waals surface area contributed by atoms with E-state index in [1.807, 2.05) is 0 Å². The number of nitrogens with zero attached hydrogens (tertiary/aromatic N) is 1. The van der Waals surface area contributed by atoms with E-state index in [1.54, 1.807) is 12.1 Å². The Labute approximate surface area is 87.1 Å². The normalized spacial score (nSPS) is 18.5. The molecule has 0 aromatic heterocycles. The van der Waals surface area contributed by atoms with E-state index in [2.05, 4.69) is 0 Å². The lowest BCUT2D eigenvalue weighted by Crippen LogP contribution is -1.95. The molecule has 78 valence electrons. The van der Waals surface area contributed by atoms with Gasteiger partial charge in [0.25, 0.3) is 5.69 Å². The highest BCUT2D eigenvalue weighted by molar-refractivity contribution is 5.54. The predicted molar refractivity (Wildman–Crippen MR) is 54.8 cm³/mol. The number of hydrogen-bond acceptors (Lipinski definition) is 3. The van der Waals surface area contributed by atoms with Crippen molar-refractivity contribution in [3.05, 3.63) is 39.4 Å². The molecule has 1 aromatic rings. The summed E-state index contributed by atoms with van der Waals surface area (Å²) in [5.41, 5.74) is 2.27.